The van der Waals surface area contributed by atoms with Gasteiger partial charge in [-0.1, -0.05) is 0 Å². The summed E-state index contributed by atoms with van der Waals surface area (Å²) in [5.41, 5.74) is 3.76. The van der Waals surface area contributed by atoms with E-state index >= 15 is 0 Å². The first kappa shape index (κ1) is 19.1. The van der Waals surface area contributed by atoms with E-state index in [9.17, 15) is 18.0 Å². The molecule has 0 saturated carbocycles. The minimum atomic E-state index is -4.71. The molecule has 0 spiro atoms. The number of piperidine rings is 1. The van der Waals surface area contributed by atoms with Gasteiger partial charge in [-0.15, -0.1) is 0 Å². The first-order chi connectivity index (χ1) is 12.9. The molecule has 0 aliphatic carbocycles. The summed E-state index contributed by atoms with van der Waals surface area (Å²) >= 11 is 0. The zero-order valence-corrected chi connectivity index (χ0v) is 14.5. The van der Waals surface area contributed by atoms with E-state index in [-0.39, 0.29) is 21.5 Å². The molecule has 1 aliphatic heterocycles. The third-order valence-electron chi connectivity index (χ3n) is 4.47. The highest BCUT2D eigenvalue weighted by Gasteiger charge is 2.37. The van der Waals surface area contributed by atoms with Gasteiger partial charge in [0.1, 0.15) is 17.3 Å². The van der Waals surface area contributed by atoms with Crippen molar-refractivity contribution in [1.82, 2.24) is 15.3 Å². The number of rotatable bonds is 5. The molecule has 3 rings (SSSR count). The van der Waals surface area contributed by atoms with Crippen LogP contribution in [0, 0.1) is 5.92 Å². The van der Waals surface area contributed by atoms with Crippen LogP contribution < -0.4 is 16.4 Å². The Kier molecular flexibility index (Phi) is 5.59. The molecule has 1 saturated heterocycles. The summed E-state index contributed by atoms with van der Waals surface area (Å²) in [4.78, 5) is 20.4. The van der Waals surface area contributed by atoms with Gasteiger partial charge < -0.3 is 16.4 Å². The first-order valence-corrected chi connectivity index (χ1v) is 8.64. The van der Waals surface area contributed by atoms with Gasteiger partial charge in [0.05, 0.1) is 11.1 Å². The molecule has 1 aliphatic rings. The summed E-state index contributed by atoms with van der Waals surface area (Å²) in [6, 6.07) is 4.88. The fourth-order valence-corrected chi connectivity index (χ4v) is 3.04. The van der Waals surface area contributed by atoms with Crippen molar-refractivity contribution in [1.29, 1.82) is 0 Å². The van der Waals surface area contributed by atoms with Crippen molar-refractivity contribution < 1.29 is 22.2 Å². The van der Waals surface area contributed by atoms with Gasteiger partial charge in [-0.25, -0.2) is 9.97 Å². The lowest BCUT2D eigenvalue weighted by atomic mass is 10.00. The third kappa shape index (κ3) is 4.54. The number of hydrogen-bond acceptors (Lipinski definition) is 6. The number of pyridine rings is 2. The summed E-state index contributed by atoms with van der Waals surface area (Å²) in [5.74, 6) is -0.463. The van der Waals surface area contributed by atoms with Crippen LogP contribution in [0.1, 0.15) is 38.7 Å². The van der Waals surface area contributed by atoms with Gasteiger partial charge in [0.25, 0.3) is 0 Å². The van der Waals surface area contributed by atoms with Gasteiger partial charge in [0.15, 0.2) is 0 Å². The van der Waals surface area contributed by atoms with Crippen LogP contribution in [0.5, 0.6) is 0 Å². The molecular formula is C18H26F3N5O. The topological polar surface area (TPSA) is 92.9 Å². The van der Waals surface area contributed by atoms with Gasteiger partial charge in [-0.05, 0) is 56.1 Å². The fourth-order valence-electron chi connectivity index (χ4n) is 3.04. The van der Waals surface area contributed by atoms with Crippen molar-refractivity contribution in [3.05, 3.63) is 47.3 Å². The zero-order chi connectivity index (χ0) is 19.4. The molecule has 9 heteroatoms. The molecule has 0 aromatic carbocycles. The van der Waals surface area contributed by atoms with Crippen LogP contribution in [0.2, 0.25) is 0 Å². The van der Waals surface area contributed by atoms with Crippen LogP contribution in [-0.2, 0) is 6.18 Å². The normalized spacial score (nSPS) is 17.5. The van der Waals surface area contributed by atoms with Gasteiger partial charge in [-0.2, -0.15) is 13.2 Å². The number of carbonyl (C=O) groups is 1. The number of nitrogens with two attached hydrogens (primary N) is 1. The van der Waals surface area contributed by atoms with Crippen LogP contribution in [0.4, 0.5) is 24.8 Å². The standard InChI is InChI=1S/C18H20F3N5O.3H2/c19-18(20,21)13-5-6-14(25-10-11-3-1-7-23-9-11)26-15(13)16(27)12-4-2-8-24-17(12)22;;;/h2,4-6,8,11,23H,1,3,7,9-10H2,(H2,22,24)(H,25,26);3*1H. The molecule has 150 valence electrons. The Morgan fingerprint density at radius 2 is 2.19 bits per heavy atom. The maximum absolute atomic E-state index is 13.4. The van der Waals surface area contributed by atoms with E-state index in [2.05, 4.69) is 20.6 Å². The van der Waals surface area contributed by atoms with Crippen LogP contribution in [0.15, 0.2) is 30.5 Å². The largest absolute Gasteiger partial charge is 0.418 e. The van der Waals surface area contributed by atoms with E-state index in [1.807, 2.05) is 0 Å². The number of carbonyl (C=O) groups excluding carboxylic acids is 1. The molecule has 4 N–H and O–H groups in total. The second-order valence-corrected chi connectivity index (χ2v) is 6.45. The number of nitrogen functional groups attached to an aromatic ring is 1. The van der Waals surface area contributed by atoms with Crippen molar-refractivity contribution in [2.75, 3.05) is 30.7 Å². The molecule has 1 fully saturated rings. The minimum Gasteiger partial charge on any atom is -0.383 e. The highest BCUT2D eigenvalue weighted by molar-refractivity contribution is 6.11. The van der Waals surface area contributed by atoms with Crippen molar-refractivity contribution >= 4 is 17.4 Å². The van der Waals surface area contributed by atoms with Crippen LogP contribution in [-0.4, -0.2) is 35.4 Å². The monoisotopic (exact) mass is 385 g/mol. The molecule has 2 aromatic heterocycles. The molecule has 6 nitrogen and oxygen atoms in total. The SMILES string of the molecule is Nc1ncccc1C(=O)c1nc(NCC2CCCNC2)ccc1C(F)(F)F.[HH].[HH].[HH]. The highest BCUT2D eigenvalue weighted by Crippen LogP contribution is 2.33. The summed E-state index contributed by atoms with van der Waals surface area (Å²) in [5, 5.41) is 6.31. The van der Waals surface area contributed by atoms with Crippen LogP contribution >= 0.6 is 0 Å². The second-order valence-electron chi connectivity index (χ2n) is 6.45. The van der Waals surface area contributed by atoms with E-state index in [1.54, 1.807) is 0 Å². The van der Waals surface area contributed by atoms with E-state index < -0.39 is 23.2 Å². The number of anilines is 2. The smallest absolute Gasteiger partial charge is 0.383 e. The summed E-state index contributed by atoms with van der Waals surface area (Å²) < 4.78 is 40.1. The van der Waals surface area contributed by atoms with Crippen molar-refractivity contribution in [3.8, 4) is 0 Å². The van der Waals surface area contributed by atoms with E-state index in [0.29, 0.717) is 12.5 Å². The van der Waals surface area contributed by atoms with Crippen molar-refractivity contribution in [2.24, 2.45) is 5.92 Å². The van der Waals surface area contributed by atoms with Gasteiger partial charge in [-0.3, -0.25) is 4.79 Å². The molecule has 0 radical (unpaired) electrons. The molecule has 0 bridgehead atoms. The number of alkyl halides is 3. The van der Waals surface area contributed by atoms with Gasteiger partial charge in [0, 0.05) is 17.0 Å². The Hall–Kier alpha value is -2.68. The van der Waals surface area contributed by atoms with Crippen LogP contribution in [0.3, 0.4) is 0 Å². The van der Waals surface area contributed by atoms with Crippen molar-refractivity contribution in [2.45, 2.75) is 19.0 Å². The Morgan fingerprint density at radius 1 is 1.37 bits per heavy atom. The summed E-state index contributed by atoms with van der Waals surface area (Å²) in [6.07, 6.45) is -1.27. The summed E-state index contributed by atoms with van der Waals surface area (Å²) in [7, 11) is 0. The lowest BCUT2D eigenvalue weighted by Crippen LogP contribution is -2.33. The fraction of sp³-hybridized carbons (Fsp3) is 0.389. The Balaban J connectivity index is 0.00000280. The van der Waals surface area contributed by atoms with Gasteiger partial charge in [0.2, 0.25) is 5.78 Å². The minimum absolute atomic E-state index is 0. The number of hydrogen-bond donors (Lipinski definition) is 3. The predicted octanol–water partition coefficient (Wildman–Crippen LogP) is 3.46. The Labute approximate surface area is 158 Å². The molecule has 27 heavy (non-hydrogen) atoms. The quantitative estimate of drug-likeness (QED) is 0.683. The number of ketones is 1. The average Bonchev–Trinajstić information content (AvgIpc) is 2.66. The van der Waals surface area contributed by atoms with Crippen molar-refractivity contribution in [3.63, 3.8) is 0 Å². The highest BCUT2D eigenvalue weighted by atomic mass is 19.4. The second kappa shape index (κ2) is 7.91. The van der Waals surface area contributed by atoms with E-state index in [4.69, 9.17) is 5.73 Å². The molecule has 3 heterocycles. The molecule has 2 aromatic rings. The third-order valence-corrected chi connectivity index (χ3v) is 4.47. The maximum atomic E-state index is 13.4. The number of halogens is 3. The number of aromatic nitrogens is 2. The lowest BCUT2D eigenvalue weighted by Gasteiger charge is -2.23. The molecule has 0 amide bonds. The first-order valence-electron chi connectivity index (χ1n) is 8.64. The Morgan fingerprint density at radius 3 is 2.85 bits per heavy atom. The molecule has 1 atom stereocenters. The predicted molar refractivity (Wildman–Crippen MR) is 102 cm³/mol. The Bertz CT molecular complexity index is 833. The zero-order valence-electron chi connectivity index (χ0n) is 14.5. The maximum Gasteiger partial charge on any atom is 0.418 e. The average molecular weight is 385 g/mol. The molecule has 1 unspecified atom stereocenters. The number of nitrogens with one attached hydrogen (secondary N) is 2. The van der Waals surface area contributed by atoms with E-state index in [0.717, 1.165) is 32.0 Å². The lowest BCUT2D eigenvalue weighted by molar-refractivity contribution is -0.138. The van der Waals surface area contributed by atoms with Gasteiger partial charge >= 0.3 is 6.18 Å². The van der Waals surface area contributed by atoms with E-state index in [1.165, 1.54) is 24.4 Å². The summed E-state index contributed by atoms with van der Waals surface area (Å²) in [6.45, 7) is 2.37. The molecular weight excluding hydrogens is 359 g/mol. The number of nitrogens with zero attached hydrogens (tertiary/aromatic N) is 2. The van der Waals surface area contributed by atoms with Crippen LogP contribution in [0.25, 0.3) is 0 Å².